The van der Waals surface area contributed by atoms with E-state index in [4.69, 9.17) is 0 Å². The van der Waals surface area contributed by atoms with Crippen LogP contribution in [0.3, 0.4) is 0 Å². The summed E-state index contributed by atoms with van der Waals surface area (Å²) >= 11 is 1.67. The number of rotatable bonds is 3. The van der Waals surface area contributed by atoms with E-state index in [0.29, 0.717) is 0 Å². The molecule has 0 saturated heterocycles. The predicted octanol–water partition coefficient (Wildman–Crippen LogP) is 1.26. The SMILES string of the molecule is CNCc1cnc(-c2nccn2C)s1. The van der Waals surface area contributed by atoms with E-state index in [1.807, 2.05) is 31.1 Å². The molecular formula is C9H12N4S. The van der Waals surface area contributed by atoms with E-state index in [9.17, 15) is 0 Å². The lowest BCUT2D eigenvalue weighted by Crippen LogP contribution is -2.02. The molecule has 0 fully saturated rings. The van der Waals surface area contributed by atoms with Crippen LogP contribution in [-0.2, 0) is 13.6 Å². The van der Waals surface area contributed by atoms with Gasteiger partial charge in [-0.15, -0.1) is 11.3 Å². The highest BCUT2D eigenvalue weighted by Crippen LogP contribution is 2.22. The van der Waals surface area contributed by atoms with E-state index in [0.717, 1.165) is 17.4 Å². The normalized spacial score (nSPS) is 10.7. The zero-order valence-electron chi connectivity index (χ0n) is 8.19. The molecule has 0 spiro atoms. The molecule has 0 atom stereocenters. The van der Waals surface area contributed by atoms with Gasteiger partial charge in [0, 0.05) is 37.1 Å². The summed E-state index contributed by atoms with van der Waals surface area (Å²) in [5.74, 6) is 0.928. The number of nitrogens with zero attached hydrogens (tertiary/aromatic N) is 3. The van der Waals surface area contributed by atoms with Crippen molar-refractivity contribution in [3.05, 3.63) is 23.5 Å². The summed E-state index contributed by atoms with van der Waals surface area (Å²) < 4.78 is 1.97. The van der Waals surface area contributed by atoms with Crippen molar-refractivity contribution in [2.45, 2.75) is 6.54 Å². The number of thiazole rings is 1. The lowest BCUT2D eigenvalue weighted by atomic mass is 10.5. The van der Waals surface area contributed by atoms with Gasteiger partial charge in [0.25, 0.3) is 0 Å². The largest absolute Gasteiger partial charge is 0.332 e. The molecule has 2 aromatic heterocycles. The Balaban J connectivity index is 2.29. The summed E-state index contributed by atoms with van der Waals surface area (Å²) in [4.78, 5) is 9.81. The highest BCUT2D eigenvalue weighted by Gasteiger charge is 2.07. The maximum Gasteiger partial charge on any atom is 0.168 e. The Labute approximate surface area is 86.6 Å². The maximum absolute atomic E-state index is 4.33. The fourth-order valence-corrected chi connectivity index (χ4v) is 2.20. The van der Waals surface area contributed by atoms with Crippen LogP contribution in [-0.4, -0.2) is 21.6 Å². The molecule has 2 aromatic rings. The molecule has 0 bridgehead atoms. The number of imidazole rings is 1. The first kappa shape index (κ1) is 9.36. The number of nitrogens with one attached hydrogen (secondary N) is 1. The monoisotopic (exact) mass is 208 g/mol. The van der Waals surface area contributed by atoms with E-state index < -0.39 is 0 Å². The summed E-state index contributed by atoms with van der Waals surface area (Å²) in [6, 6.07) is 0. The van der Waals surface area contributed by atoms with Crippen molar-refractivity contribution in [1.82, 2.24) is 19.9 Å². The van der Waals surface area contributed by atoms with Gasteiger partial charge in [-0.25, -0.2) is 9.97 Å². The number of aromatic nitrogens is 3. The van der Waals surface area contributed by atoms with Crippen LogP contribution < -0.4 is 5.32 Å². The van der Waals surface area contributed by atoms with Gasteiger partial charge in [0.15, 0.2) is 10.8 Å². The molecule has 0 aromatic carbocycles. The highest BCUT2D eigenvalue weighted by molar-refractivity contribution is 7.14. The first-order valence-electron chi connectivity index (χ1n) is 4.38. The fourth-order valence-electron chi connectivity index (χ4n) is 1.24. The van der Waals surface area contributed by atoms with Crippen LogP contribution in [0.25, 0.3) is 10.8 Å². The topological polar surface area (TPSA) is 42.7 Å². The van der Waals surface area contributed by atoms with Crippen molar-refractivity contribution >= 4 is 11.3 Å². The minimum atomic E-state index is 0.863. The molecule has 0 radical (unpaired) electrons. The first-order chi connectivity index (χ1) is 6.81. The van der Waals surface area contributed by atoms with Crippen molar-refractivity contribution in [2.24, 2.45) is 7.05 Å². The zero-order chi connectivity index (χ0) is 9.97. The van der Waals surface area contributed by atoms with Gasteiger partial charge in [0.2, 0.25) is 0 Å². The molecule has 0 unspecified atom stereocenters. The number of aryl methyl sites for hydroxylation is 1. The zero-order valence-corrected chi connectivity index (χ0v) is 9.01. The Morgan fingerprint density at radius 3 is 3.00 bits per heavy atom. The molecule has 5 heteroatoms. The van der Waals surface area contributed by atoms with E-state index in [1.54, 1.807) is 17.5 Å². The third-order valence-corrected chi connectivity index (χ3v) is 2.91. The predicted molar refractivity (Wildman–Crippen MR) is 57.1 cm³/mol. The van der Waals surface area contributed by atoms with Gasteiger partial charge in [0.1, 0.15) is 0 Å². The van der Waals surface area contributed by atoms with Crippen molar-refractivity contribution in [3.8, 4) is 10.8 Å². The van der Waals surface area contributed by atoms with Gasteiger partial charge in [-0.05, 0) is 7.05 Å². The fraction of sp³-hybridized carbons (Fsp3) is 0.333. The van der Waals surface area contributed by atoms with Crippen molar-refractivity contribution in [1.29, 1.82) is 0 Å². The van der Waals surface area contributed by atoms with Gasteiger partial charge in [-0.3, -0.25) is 0 Å². The molecule has 4 nitrogen and oxygen atoms in total. The highest BCUT2D eigenvalue weighted by atomic mass is 32.1. The summed E-state index contributed by atoms with van der Waals surface area (Å²) in [5, 5.41) is 4.08. The molecule has 2 heterocycles. The van der Waals surface area contributed by atoms with Gasteiger partial charge >= 0.3 is 0 Å². The Bertz CT molecular complexity index is 418. The summed E-state index contributed by atoms with van der Waals surface area (Å²) in [7, 11) is 3.90. The molecule has 0 amide bonds. The van der Waals surface area contributed by atoms with Crippen LogP contribution in [0.2, 0.25) is 0 Å². The molecule has 1 N–H and O–H groups in total. The maximum atomic E-state index is 4.33. The summed E-state index contributed by atoms with van der Waals surface area (Å²) in [6.45, 7) is 0.863. The Morgan fingerprint density at radius 2 is 2.36 bits per heavy atom. The average molecular weight is 208 g/mol. The smallest absolute Gasteiger partial charge is 0.168 e. The van der Waals surface area contributed by atoms with Crippen molar-refractivity contribution in [3.63, 3.8) is 0 Å². The third-order valence-electron chi connectivity index (χ3n) is 1.92. The third kappa shape index (κ3) is 1.69. The van der Waals surface area contributed by atoms with E-state index in [2.05, 4.69) is 15.3 Å². The van der Waals surface area contributed by atoms with Gasteiger partial charge in [0.05, 0.1) is 0 Å². The Hall–Kier alpha value is -1.20. The standard InChI is InChI=1S/C9H12N4S/c1-10-5-7-6-12-9(14-7)8-11-3-4-13(8)2/h3-4,6,10H,5H2,1-2H3. The second-order valence-electron chi connectivity index (χ2n) is 3.02. The average Bonchev–Trinajstić information content (AvgIpc) is 2.74. The quantitative estimate of drug-likeness (QED) is 0.826. The van der Waals surface area contributed by atoms with Crippen LogP contribution in [0.15, 0.2) is 18.6 Å². The van der Waals surface area contributed by atoms with E-state index >= 15 is 0 Å². The first-order valence-corrected chi connectivity index (χ1v) is 5.20. The molecule has 0 aliphatic heterocycles. The molecule has 2 rings (SSSR count). The number of hydrogen-bond donors (Lipinski definition) is 1. The van der Waals surface area contributed by atoms with Crippen LogP contribution in [0, 0.1) is 0 Å². The number of hydrogen-bond acceptors (Lipinski definition) is 4. The second kappa shape index (κ2) is 3.89. The van der Waals surface area contributed by atoms with Crippen molar-refractivity contribution < 1.29 is 0 Å². The van der Waals surface area contributed by atoms with Gasteiger partial charge in [-0.2, -0.15) is 0 Å². The summed E-state index contributed by atoms with van der Waals surface area (Å²) in [5.41, 5.74) is 0. The van der Waals surface area contributed by atoms with Crippen LogP contribution in [0.5, 0.6) is 0 Å². The van der Waals surface area contributed by atoms with Crippen molar-refractivity contribution in [2.75, 3.05) is 7.05 Å². The minimum Gasteiger partial charge on any atom is -0.332 e. The Kier molecular flexibility index (Phi) is 2.60. The minimum absolute atomic E-state index is 0.863. The molecule has 0 saturated carbocycles. The second-order valence-corrected chi connectivity index (χ2v) is 4.14. The molecule has 0 aliphatic carbocycles. The van der Waals surface area contributed by atoms with E-state index in [-0.39, 0.29) is 0 Å². The van der Waals surface area contributed by atoms with E-state index in [1.165, 1.54) is 4.88 Å². The molecule has 14 heavy (non-hydrogen) atoms. The molecular weight excluding hydrogens is 196 g/mol. The van der Waals surface area contributed by atoms with Gasteiger partial charge < -0.3 is 9.88 Å². The lowest BCUT2D eigenvalue weighted by Gasteiger charge is -1.95. The van der Waals surface area contributed by atoms with Gasteiger partial charge in [-0.1, -0.05) is 0 Å². The van der Waals surface area contributed by atoms with Crippen LogP contribution >= 0.6 is 11.3 Å². The summed E-state index contributed by atoms with van der Waals surface area (Å²) in [6.07, 6.45) is 5.61. The lowest BCUT2D eigenvalue weighted by molar-refractivity contribution is 0.829. The van der Waals surface area contributed by atoms with Crippen LogP contribution in [0.4, 0.5) is 0 Å². The Morgan fingerprint density at radius 1 is 1.50 bits per heavy atom. The van der Waals surface area contributed by atoms with Crippen LogP contribution in [0.1, 0.15) is 4.88 Å². The molecule has 74 valence electrons. The molecule has 0 aliphatic rings.